The van der Waals surface area contributed by atoms with Crippen molar-refractivity contribution < 1.29 is 19.4 Å². The van der Waals surface area contributed by atoms with Crippen molar-refractivity contribution in [3.63, 3.8) is 0 Å². The lowest BCUT2D eigenvalue weighted by molar-refractivity contribution is -0.181. The van der Waals surface area contributed by atoms with Crippen LogP contribution in [0.2, 0.25) is 5.02 Å². The predicted molar refractivity (Wildman–Crippen MR) is 119 cm³/mol. The number of para-hydroxylation sites is 1. The molecule has 168 valence electrons. The molecular formula is C24H26ClN3O4. The SMILES string of the molecule is COc1ccccc1CN1CC2(C1)C(=O)N(Cc1ccccc1Cl)C(=O)[C@@H]1C[C@@H](O)CN12. The van der Waals surface area contributed by atoms with Crippen LogP contribution in [0.5, 0.6) is 5.75 Å². The number of nitrogens with zero attached hydrogens (tertiary/aromatic N) is 3. The fraction of sp³-hybridized carbons (Fsp3) is 0.417. The van der Waals surface area contributed by atoms with Crippen molar-refractivity contribution in [2.45, 2.75) is 37.2 Å². The first-order valence-electron chi connectivity index (χ1n) is 10.8. The maximum Gasteiger partial charge on any atom is 0.252 e. The van der Waals surface area contributed by atoms with Crippen LogP contribution in [-0.4, -0.2) is 76.0 Å². The number of aliphatic hydroxyl groups excluding tert-OH is 1. The van der Waals surface area contributed by atoms with Gasteiger partial charge in [-0.25, -0.2) is 0 Å². The molecule has 1 spiro atoms. The molecule has 3 aliphatic rings. The van der Waals surface area contributed by atoms with Crippen molar-refractivity contribution in [1.29, 1.82) is 0 Å². The number of amides is 2. The highest BCUT2D eigenvalue weighted by atomic mass is 35.5. The number of methoxy groups -OCH3 is 1. The Balaban J connectivity index is 1.40. The van der Waals surface area contributed by atoms with Gasteiger partial charge in [-0.05, 0) is 24.1 Å². The number of aliphatic hydroxyl groups is 1. The van der Waals surface area contributed by atoms with Gasteiger partial charge >= 0.3 is 0 Å². The molecule has 3 saturated heterocycles. The van der Waals surface area contributed by atoms with Crippen molar-refractivity contribution in [1.82, 2.24) is 14.7 Å². The second kappa shape index (κ2) is 8.15. The molecule has 2 amide bonds. The van der Waals surface area contributed by atoms with E-state index in [1.54, 1.807) is 13.2 Å². The average Bonchev–Trinajstić information content (AvgIpc) is 3.16. The molecule has 32 heavy (non-hydrogen) atoms. The molecule has 1 N–H and O–H groups in total. The van der Waals surface area contributed by atoms with Crippen LogP contribution in [0, 0.1) is 0 Å². The Morgan fingerprint density at radius 3 is 2.47 bits per heavy atom. The van der Waals surface area contributed by atoms with Crippen molar-refractivity contribution in [3.05, 3.63) is 64.7 Å². The van der Waals surface area contributed by atoms with E-state index in [4.69, 9.17) is 16.3 Å². The van der Waals surface area contributed by atoms with Crippen LogP contribution in [0.15, 0.2) is 48.5 Å². The largest absolute Gasteiger partial charge is 0.496 e. The molecule has 0 aliphatic carbocycles. The molecule has 5 rings (SSSR count). The summed E-state index contributed by atoms with van der Waals surface area (Å²) in [6.07, 6.45) is -0.267. The van der Waals surface area contributed by atoms with Gasteiger partial charge in [0.05, 0.1) is 25.8 Å². The third-order valence-corrected chi connectivity index (χ3v) is 7.23. The number of hydrogen-bond acceptors (Lipinski definition) is 6. The standard InChI is InChI=1S/C24H26ClN3O4/c1-32-21-9-5-3-7-17(21)11-26-14-24(15-26)23(31)27(12-16-6-2-4-8-19(16)25)22(30)20-10-18(29)13-28(20)24/h2-9,18,20,29H,10-15H2,1H3/t18-,20+/m1/s1. The summed E-state index contributed by atoms with van der Waals surface area (Å²) in [6, 6.07) is 14.6. The third-order valence-electron chi connectivity index (χ3n) is 6.87. The molecule has 3 fully saturated rings. The topological polar surface area (TPSA) is 73.3 Å². The molecule has 2 atom stereocenters. The number of likely N-dealkylation sites (tertiary alicyclic amines) is 1. The van der Waals surface area contributed by atoms with Crippen molar-refractivity contribution in [2.75, 3.05) is 26.7 Å². The van der Waals surface area contributed by atoms with Crippen molar-refractivity contribution in [2.24, 2.45) is 0 Å². The van der Waals surface area contributed by atoms with Crippen LogP contribution >= 0.6 is 11.6 Å². The monoisotopic (exact) mass is 455 g/mol. The summed E-state index contributed by atoms with van der Waals surface area (Å²) in [5.41, 5.74) is 0.984. The van der Waals surface area contributed by atoms with Crippen LogP contribution in [0.3, 0.4) is 0 Å². The average molecular weight is 456 g/mol. The highest BCUT2D eigenvalue weighted by Crippen LogP contribution is 2.42. The normalized spacial score (nSPS) is 25.2. The summed E-state index contributed by atoms with van der Waals surface area (Å²) >= 11 is 6.31. The summed E-state index contributed by atoms with van der Waals surface area (Å²) in [6.45, 7) is 2.13. The Morgan fingerprint density at radius 1 is 1.06 bits per heavy atom. The smallest absolute Gasteiger partial charge is 0.252 e. The van der Waals surface area contributed by atoms with E-state index < -0.39 is 17.7 Å². The molecule has 0 saturated carbocycles. The summed E-state index contributed by atoms with van der Waals surface area (Å²) in [5.74, 6) is 0.359. The number of benzene rings is 2. The van der Waals surface area contributed by atoms with Gasteiger partial charge < -0.3 is 9.84 Å². The van der Waals surface area contributed by atoms with Crippen LogP contribution in [0.1, 0.15) is 17.5 Å². The molecule has 0 aromatic heterocycles. The second-order valence-corrected chi connectivity index (χ2v) is 9.27. The van der Waals surface area contributed by atoms with Crippen LogP contribution in [-0.2, 0) is 22.7 Å². The quantitative estimate of drug-likeness (QED) is 0.694. The number of imide groups is 1. The summed E-state index contributed by atoms with van der Waals surface area (Å²) in [7, 11) is 1.65. The highest BCUT2D eigenvalue weighted by Gasteiger charge is 2.64. The van der Waals surface area contributed by atoms with Crippen molar-refractivity contribution in [3.8, 4) is 5.75 Å². The molecule has 0 unspecified atom stereocenters. The Labute approximate surface area is 192 Å². The molecular weight excluding hydrogens is 430 g/mol. The minimum absolute atomic E-state index is 0.145. The first-order valence-corrected chi connectivity index (χ1v) is 11.2. The molecule has 2 aromatic carbocycles. The number of carbonyl (C=O) groups is 2. The van der Waals surface area contributed by atoms with Gasteiger partial charge in [0.2, 0.25) is 5.91 Å². The van der Waals surface area contributed by atoms with E-state index in [2.05, 4.69) is 4.90 Å². The van der Waals surface area contributed by atoms with E-state index in [1.165, 1.54) is 4.90 Å². The summed E-state index contributed by atoms with van der Waals surface area (Å²) < 4.78 is 5.46. The number of ether oxygens (including phenoxy) is 1. The van der Waals surface area contributed by atoms with Gasteiger partial charge in [-0.2, -0.15) is 0 Å². The van der Waals surface area contributed by atoms with Gasteiger partial charge in [-0.1, -0.05) is 48.0 Å². The molecule has 7 nitrogen and oxygen atoms in total. The zero-order valence-corrected chi connectivity index (χ0v) is 18.7. The molecule has 8 heteroatoms. The zero-order valence-electron chi connectivity index (χ0n) is 17.9. The summed E-state index contributed by atoms with van der Waals surface area (Å²) in [5, 5.41) is 10.9. The van der Waals surface area contributed by atoms with E-state index in [-0.39, 0.29) is 18.4 Å². The second-order valence-electron chi connectivity index (χ2n) is 8.87. The van der Waals surface area contributed by atoms with Gasteiger partial charge in [-0.15, -0.1) is 0 Å². The van der Waals surface area contributed by atoms with Gasteiger partial charge in [0.15, 0.2) is 0 Å². The maximum absolute atomic E-state index is 13.7. The fourth-order valence-corrected chi connectivity index (χ4v) is 5.51. The maximum atomic E-state index is 13.7. The molecule has 0 bridgehead atoms. The Bertz CT molecular complexity index is 1060. The van der Waals surface area contributed by atoms with E-state index >= 15 is 0 Å². The Kier molecular flexibility index (Phi) is 5.45. The minimum atomic E-state index is -0.806. The number of fused-ring (bicyclic) bond motifs is 2. The first-order chi connectivity index (χ1) is 15.4. The number of halogens is 1. The fourth-order valence-electron chi connectivity index (χ4n) is 5.32. The zero-order chi connectivity index (χ0) is 22.5. The lowest BCUT2D eigenvalue weighted by Gasteiger charge is -2.58. The van der Waals surface area contributed by atoms with Gasteiger partial charge in [-0.3, -0.25) is 24.3 Å². The first kappa shape index (κ1) is 21.4. The number of rotatable bonds is 5. The van der Waals surface area contributed by atoms with E-state index in [9.17, 15) is 14.7 Å². The number of hydrogen-bond donors (Lipinski definition) is 1. The molecule has 3 heterocycles. The van der Waals surface area contributed by atoms with Crippen LogP contribution in [0.4, 0.5) is 0 Å². The molecule has 2 aromatic rings. The van der Waals surface area contributed by atoms with E-state index in [0.717, 1.165) is 16.9 Å². The Hall–Kier alpha value is -2.45. The van der Waals surface area contributed by atoms with E-state index in [1.807, 2.05) is 47.4 Å². The number of carbonyl (C=O) groups excluding carboxylic acids is 2. The third kappa shape index (κ3) is 3.40. The van der Waals surface area contributed by atoms with Crippen LogP contribution in [0.25, 0.3) is 0 Å². The number of β-amino-alcohol motifs (C(OH)–C–C–N with tert-alkyl or cyclic N) is 1. The van der Waals surface area contributed by atoms with Gasteiger partial charge in [0.25, 0.3) is 5.91 Å². The van der Waals surface area contributed by atoms with Gasteiger partial charge in [0, 0.05) is 36.8 Å². The van der Waals surface area contributed by atoms with Crippen molar-refractivity contribution >= 4 is 23.4 Å². The molecule has 3 aliphatic heterocycles. The lowest BCUT2D eigenvalue weighted by Crippen LogP contribution is -2.81. The highest BCUT2D eigenvalue weighted by molar-refractivity contribution is 6.31. The minimum Gasteiger partial charge on any atom is -0.496 e. The number of piperazine rings is 1. The van der Waals surface area contributed by atoms with Crippen LogP contribution < -0.4 is 4.74 Å². The summed E-state index contributed by atoms with van der Waals surface area (Å²) in [4.78, 5) is 32.4. The van der Waals surface area contributed by atoms with E-state index in [0.29, 0.717) is 37.6 Å². The lowest BCUT2D eigenvalue weighted by atomic mass is 9.82. The molecule has 0 radical (unpaired) electrons. The van der Waals surface area contributed by atoms with Gasteiger partial charge in [0.1, 0.15) is 11.3 Å². The predicted octanol–water partition coefficient (Wildman–Crippen LogP) is 1.91. The Morgan fingerprint density at radius 2 is 1.75 bits per heavy atom.